The van der Waals surface area contributed by atoms with Crippen molar-refractivity contribution < 1.29 is 14.3 Å². The molecule has 4 heterocycles. The van der Waals surface area contributed by atoms with E-state index in [4.69, 9.17) is 21.1 Å². The van der Waals surface area contributed by atoms with Crippen molar-refractivity contribution >= 4 is 17.7 Å². The van der Waals surface area contributed by atoms with Gasteiger partial charge in [-0.05, 0) is 25.7 Å². The molecule has 138 valence electrons. The van der Waals surface area contributed by atoms with E-state index in [0.717, 1.165) is 38.8 Å². The molecule has 3 fully saturated rings. The Morgan fingerprint density at radius 1 is 1.20 bits per heavy atom. The van der Waals surface area contributed by atoms with Crippen LogP contribution >= 0.6 is 11.6 Å². The van der Waals surface area contributed by atoms with E-state index < -0.39 is 0 Å². The highest BCUT2D eigenvalue weighted by Crippen LogP contribution is 2.33. The normalized spacial score (nSPS) is 31.1. The molecule has 0 spiro atoms. The molecule has 25 heavy (non-hydrogen) atoms. The second-order valence-electron chi connectivity index (χ2n) is 7.25. The number of hydrogen-bond donors (Lipinski definition) is 0. The van der Waals surface area contributed by atoms with Gasteiger partial charge < -0.3 is 14.4 Å². The molecule has 0 N–H and O–H groups in total. The molecule has 0 aliphatic carbocycles. The molecule has 0 saturated carbocycles. The minimum Gasteiger partial charge on any atom is -0.453 e. The number of likely N-dealkylation sites (tertiary alicyclic amines) is 1. The van der Waals surface area contributed by atoms with Crippen molar-refractivity contribution in [2.75, 3.05) is 33.4 Å². The quantitative estimate of drug-likeness (QED) is 0.800. The van der Waals surface area contributed by atoms with Crippen molar-refractivity contribution in [1.29, 1.82) is 0 Å². The number of fused-ring (bicyclic) bond motifs is 2. The third kappa shape index (κ3) is 3.37. The van der Waals surface area contributed by atoms with Crippen LogP contribution in [-0.4, -0.2) is 77.2 Å². The van der Waals surface area contributed by atoms with Gasteiger partial charge in [0.15, 0.2) is 0 Å². The summed E-state index contributed by atoms with van der Waals surface area (Å²) in [6, 6.07) is 1.21. The third-order valence-electron chi connectivity index (χ3n) is 5.84. The van der Waals surface area contributed by atoms with Gasteiger partial charge in [0.05, 0.1) is 49.7 Å². The van der Waals surface area contributed by atoms with E-state index in [1.54, 1.807) is 6.20 Å². The van der Waals surface area contributed by atoms with Gasteiger partial charge in [0, 0.05) is 25.3 Å². The first-order valence-corrected chi connectivity index (χ1v) is 9.41. The molecule has 8 heteroatoms. The Balaban J connectivity index is 1.37. The number of amides is 1. The first kappa shape index (κ1) is 17.1. The van der Waals surface area contributed by atoms with Crippen LogP contribution in [0.3, 0.4) is 0 Å². The number of carbonyl (C=O) groups is 1. The summed E-state index contributed by atoms with van der Waals surface area (Å²) in [6.45, 7) is 3.35. The number of ether oxygens (including phenoxy) is 2. The van der Waals surface area contributed by atoms with E-state index in [9.17, 15) is 4.79 Å². The predicted octanol–water partition coefficient (Wildman–Crippen LogP) is 2.17. The van der Waals surface area contributed by atoms with Crippen LogP contribution in [-0.2, 0) is 9.47 Å². The van der Waals surface area contributed by atoms with E-state index in [0.29, 0.717) is 30.3 Å². The summed E-state index contributed by atoms with van der Waals surface area (Å²) < 4.78 is 12.7. The van der Waals surface area contributed by atoms with Crippen molar-refractivity contribution in [3.63, 3.8) is 0 Å². The number of carbonyl (C=O) groups excluding carboxylic acids is 1. The van der Waals surface area contributed by atoms with Gasteiger partial charge in [-0.3, -0.25) is 9.58 Å². The Bertz CT molecular complexity index is 603. The largest absolute Gasteiger partial charge is 0.453 e. The summed E-state index contributed by atoms with van der Waals surface area (Å²) in [5.74, 6) is 0. The summed E-state index contributed by atoms with van der Waals surface area (Å²) in [5, 5.41) is 5.05. The number of halogens is 1. The Kier molecular flexibility index (Phi) is 4.88. The van der Waals surface area contributed by atoms with Gasteiger partial charge in [-0.15, -0.1) is 0 Å². The molecule has 0 aromatic carbocycles. The number of morpholine rings is 1. The molecule has 1 aromatic rings. The number of hydrogen-bond acceptors (Lipinski definition) is 5. The van der Waals surface area contributed by atoms with Gasteiger partial charge in [0.1, 0.15) is 0 Å². The molecule has 1 aromatic heterocycles. The molecule has 7 nitrogen and oxygen atoms in total. The van der Waals surface area contributed by atoms with Crippen LogP contribution in [0.2, 0.25) is 5.02 Å². The van der Waals surface area contributed by atoms with Crippen LogP contribution in [0.4, 0.5) is 4.79 Å². The van der Waals surface area contributed by atoms with E-state index >= 15 is 0 Å². The van der Waals surface area contributed by atoms with Gasteiger partial charge in [-0.1, -0.05) is 11.6 Å². The molecular formula is C17H25ClN4O3. The van der Waals surface area contributed by atoms with Gasteiger partial charge >= 0.3 is 6.09 Å². The van der Waals surface area contributed by atoms with E-state index in [1.165, 1.54) is 7.11 Å². The van der Waals surface area contributed by atoms with Crippen molar-refractivity contribution in [1.82, 2.24) is 19.6 Å². The lowest BCUT2D eigenvalue weighted by Crippen LogP contribution is -2.62. The number of methoxy groups -OCH3 is 1. The molecule has 2 unspecified atom stereocenters. The summed E-state index contributed by atoms with van der Waals surface area (Å²) >= 11 is 5.99. The average Bonchev–Trinajstić information content (AvgIpc) is 3.06. The zero-order valence-corrected chi connectivity index (χ0v) is 15.3. The third-order valence-corrected chi connectivity index (χ3v) is 6.04. The average molecular weight is 369 g/mol. The van der Waals surface area contributed by atoms with Crippen molar-refractivity contribution in [3.8, 4) is 0 Å². The number of piperidine rings is 2. The second-order valence-corrected chi connectivity index (χ2v) is 7.69. The Labute approximate surface area is 152 Å². The highest BCUT2D eigenvalue weighted by molar-refractivity contribution is 6.30. The molecule has 2 bridgehead atoms. The number of aromatic nitrogens is 2. The fraction of sp³-hybridized carbons (Fsp3) is 0.765. The van der Waals surface area contributed by atoms with Crippen LogP contribution in [0.5, 0.6) is 0 Å². The lowest BCUT2D eigenvalue weighted by Gasteiger charge is -2.50. The molecule has 0 radical (unpaired) electrons. The van der Waals surface area contributed by atoms with Crippen molar-refractivity contribution in [2.24, 2.45) is 0 Å². The summed E-state index contributed by atoms with van der Waals surface area (Å²) in [6.07, 6.45) is 7.50. The maximum absolute atomic E-state index is 12.1. The fourth-order valence-electron chi connectivity index (χ4n) is 4.62. The number of nitrogens with zero attached hydrogens (tertiary/aromatic N) is 4. The SMILES string of the molecule is COC(=O)N1C2COCC1CC(N1CCC(n3cc(Cl)cn3)CC1)C2. The van der Waals surface area contributed by atoms with Crippen molar-refractivity contribution in [3.05, 3.63) is 17.4 Å². The van der Waals surface area contributed by atoms with Crippen LogP contribution in [0.15, 0.2) is 12.4 Å². The topological polar surface area (TPSA) is 59.8 Å². The second kappa shape index (κ2) is 7.13. The fourth-order valence-corrected chi connectivity index (χ4v) is 4.76. The minimum atomic E-state index is -0.217. The molecule has 2 atom stereocenters. The summed E-state index contributed by atoms with van der Waals surface area (Å²) in [7, 11) is 1.46. The molecular weight excluding hydrogens is 344 g/mol. The van der Waals surface area contributed by atoms with Crippen molar-refractivity contribution in [2.45, 2.75) is 49.9 Å². The first-order valence-electron chi connectivity index (χ1n) is 9.03. The van der Waals surface area contributed by atoms with Gasteiger partial charge in [0.25, 0.3) is 0 Å². The Hall–Kier alpha value is -1.31. The smallest absolute Gasteiger partial charge is 0.410 e. The number of rotatable bonds is 2. The Morgan fingerprint density at radius 2 is 1.88 bits per heavy atom. The Morgan fingerprint density at radius 3 is 2.44 bits per heavy atom. The maximum Gasteiger partial charge on any atom is 0.410 e. The highest BCUT2D eigenvalue weighted by atomic mass is 35.5. The minimum absolute atomic E-state index is 0.132. The summed E-state index contributed by atoms with van der Waals surface area (Å²) in [5.41, 5.74) is 0. The van der Waals surface area contributed by atoms with E-state index in [1.807, 2.05) is 15.8 Å². The molecule has 3 saturated heterocycles. The van der Waals surface area contributed by atoms with E-state index in [2.05, 4.69) is 10.00 Å². The molecule has 3 aliphatic rings. The highest BCUT2D eigenvalue weighted by Gasteiger charge is 2.44. The van der Waals surface area contributed by atoms with Gasteiger partial charge in [0.2, 0.25) is 0 Å². The van der Waals surface area contributed by atoms with Crippen LogP contribution in [0.1, 0.15) is 31.7 Å². The zero-order valence-electron chi connectivity index (χ0n) is 14.5. The van der Waals surface area contributed by atoms with Crippen LogP contribution in [0, 0.1) is 0 Å². The van der Waals surface area contributed by atoms with Gasteiger partial charge in [-0.25, -0.2) is 4.79 Å². The monoisotopic (exact) mass is 368 g/mol. The molecule has 4 rings (SSSR count). The molecule has 1 amide bonds. The predicted molar refractivity (Wildman–Crippen MR) is 92.7 cm³/mol. The van der Waals surface area contributed by atoms with Gasteiger partial charge in [-0.2, -0.15) is 5.10 Å². The standard InChI is InChI=1S/C17H25ClN4O3/c1-24-17(23)22-15-6-14(7-16(22)11-25-10-15)20-4-2-13(3-5-20)21-9-12(18)8-19-21/h8-9,13-16H,2-7,10-11H2,1H3. The zero-order chi connectivity index (χ0) is 17.4. The van der Waals surface area contributed by atoms with Crippen LogP contribution < -0.4 is 0 Å². The first-order chi connectivity index (χ1) is 12.2. The van der Waals surface area contributed by atoms with Crippen LogP contribution in [0.25, 0.3) is 0 Å². The lowest BCUT2D eigenvalue weighted by atomic mass is 9.88. The lowest BCUT2D eigenvalue weighted by molar-refractivity contribution is -0.0858. The summed E-state index contributed by atoms with van der Waals surface area (Å²) in [4.78, 5) is 16.6. The maximum atomic E-state index is 12.1. The molecule has 3 aliphatic heterocycles. The van der Waals surface area contributed by atoms with E-state index in [-0.39, 0.29) is 18.2 Å².